The number of piperidine rings is 1. The summed E-state index contributed by atoms with van der Waals surface area (Å²) in [6.45, 7) is 4.21. The summed E-state index contributed by atoms with van der Waals surface area (Å²) < 4.78 is 16.7. The highest BCUT2D eigenvalue weighted by atomic mass is 16.6. The highest BCUT2D eigenvalue weighted by Crippen LogP contribution is 2.61. The molecular formula is C27H33NO11. The zero-order chi connectivity index (χ0) is 28.7. The maximum Gasteiger partial charge on any atom is 0.345 e. The third-order valence-electron chi connectivity index (χ3n) is 8.28. The lowest BCUT2D eigenvalue weighted by molar-refractivity contribution is -0.168. The Morgan fingerprint density at radius 1 is 1.18 bits per heavy atom. The van der Waals surface area contributed by atoms with Crippen molar-refractivity contribution in [1.82, 2.24) is 4.90 Å². The van der Waals surface area contributed by atoms with E-state index < -0.39 is 66.4 Å². The molecule has 39 heavy (non-hydrogen) atoms. The minimum absolute atomic E-state index is 0.167. The van der Waals surface area contributed by atoms with Crippen LogP contribution in [0, 0.1) is 6.92 Å². The number of fused-ring (bicyclic) bond motifs is 1. The Balaban J connectivity index is 1.57. The van der Waals surface area contributed by atoms with E-state index in [1.54, 1.807) is 12.1 Å². The van der Waals surface area contributed by atoms with Gasteiger partial charge in [-0.2, -0.15) is 0 Å². The van der Waals surface area contributed by atoms with E-state index in [0.717, 1.165) is 11.1 Å². The van der Waals surface area contributed by atoms with Crippen molar-refractivity contribution in [2.75, 3.05) is 13.6 Å². The molecule has 1 aromatic carbocycles. The molecule has 1 spiro atoms. The molecule has 12 nitrogen and oxygen atoms in total. The first-order valence-corrected chi connectivity index (χ1v) is 12.7. The number of carbonyl (C=O) groups excluding carboxylic acids is 2. The predicted molar refractivity (Wildman–Crippen MR) is 133 cm³/mol. The van der Waals surface area contributed by atoms with E-state index >= 15 is 0 Å². The second-order valence-electron chi connectivity index (χ2n) is 10.4. The number of hydrogen-bond donors (Lipinski definition) is 4. The molecule has 1 aliphatic carbocycles. The number of likely N-dealkylation sites (tertiary alicyclic amines) is 1. The summed E-state index contributed by atoms with van der Waals surface area (Å²) in [6.07, 6.45) is -2.34. The number of hydrogen-bond acceptors (Lipinski definition) is 10. The van der Waals surface area contributed by atoms with E-state index in [1.165, 1.54) is 0 Å². The first-order chi connectivity index (χ1) is 18.4. The van der Waals surface area contributed by atoms with Crippen molar-refractivity contribution in [1.29, 1.82) is 0 Å². The number of esters is 2. The molecule has 0 radical (unpaired) electrons. The standard InChI is InChI=1S/C27H33NO11/c1-14-4-5-16(13-29)23-22(14)26-10-11-28(3)15(2)27(26,36)9-8-17(24(26)39-23)37-20(32)6-7-21(33)38-18(25(34)35)12-19(30)31/h4-5,8,15,18,24,29,36H,6-7,9-13H2,1-3H3,(H,30,31)(H,34,35)/t15-,18-,24+,26+,27-/m1/s1. The topological polar surface area (TPSA) is 180 Å². The van der Waals surface area contributed by atoms with Gasteiger partial charge in [0.05, 0.1) is 36.9 Å². The number of carboxylic acids is 2. The van der Waals surface area contributed by atoms with Crippen LogP contribution < -0.4 is 4.74 Å². The van der Waals surface area contributed by atoms with Gasteiger partial charge in [0.1, 0.15) is 11.5 Å². The number of aliphatic carboxylic acids is 2. The van der Waals surface area contributed by atoms with Crippen molar-refractivity contribution in [2.45, 2.75) is 81.8 Å². The van der Waals surface area contributed by atoms with Crippen LogP contribution in [0.4, 0.5) is 0 Å². The number of aliphatic hydroxyl groups excluding tert-OH is 1. The summed E-state index contributed by atoms with van der Waals surface area (Å²) in [7, 11) is 1.93. The smallest absolute Gasteiger partial charge is 0.345 e. The van der Waals surface area contributed by atoms with Crippen molar-refractivity contribution in [3.63, 3.8) is 0 Å². The lowest BCUT2D eigenvalue weighted by Crippen LogP contribution is -2.71. The molecule has 0 bridgehead atoms. The molecule has 0 unspecified atom stereocenters. The van der Waals surface area contributed by atoms with E-state index in [9.17, 15) is 29.4 Å². The van der Waals surface area contributed by atoms with E-state index in [-0.39, 0.29) is 24.8 Å². The minimum Gasteiger partial charge on any atom is -0.481 e. The summed E-state index contributed by atoms with van der Waals surface area (Å²) in [4.78, 5) is 48.8. The fourth-order valence-electron chi connectivity index (χ4n) is 6.14. The van der Waals surface area contributed by atoms with E-state index in [0.29, 0.717) is 24.3 Å². The van der Waals surface area contributed by atoms with Gasteiger partial charge >= 0.3 is 23.9 Å². The molecule has 0 amide bonds. The maximum absolute atomic E-state index is 12.8. The number of aryl methyl sites for hydroxylation is 1. The summed E-state index contributed by atoms with van der Waals surface area (Å²) in [5.74, 6) is -4.27. The van der Waals surface area contributed by atoms with Crippen LogP contribution in [-0.2, 0) is 40.7 Å². The van der Waals surface area contributed by atoms with Gasteiger partial charge in [-0.15, -0.1) is 0 Å². The van der Waals surface area contributed by atoms with E-state index in [1.807, 2.05) is 27.0 Å². The average Bonchev–Trinajstić information content (AvgIpc) is 3.24. The molecule has 2 heterocycles. The van der Waals surface area contributed by atoms with Gasteiger partial charge in [-0.05, 0) is 45.5 Å². The summed E-state index contributed by atoms with van der Waals surface area (Å²) in [6, 6.07) is 3.37. The van der Waals surface area contributed by atoms with Gasteiger partial charge < -0.3 is 39.5 Å². The second-order valence-corrected chi connectivity index (χ2v) is 10.4. The molecule has 2 aliphatic heterocycles. The van der Waals surface area contributed by atoms with Crippen LogP contribution in [0.2, 0.25) is 0 Å². The molecule has 4 N–H and O–H groups in total. The highest BCUT2D eigenvalue weighted by molar-refractivity contribution is 5.84. The van der Waals surface area contributed by atoms with Gasteiger partial charge in [0, 0.05) is 23.6 Å². The van der Waals surface area contributed by atoms with Crippen LogP contribution in [0.1, 0.15) is 55.7 Å². The van der Waals surface area contributed by atoms with Crippen LogP contribution in [0.5, 0.6) is 5.75 Å². The number of benzene rings is 1. The quantitative estimate of drug-likeness (QED) is 0.323. The Kier molecular flexibility index (Phi) is 7.75. The third kappa shape index (κ3) is 4.77. The molecule has 1 aromatic rings. The largest absolute Gasteiger partial charge is 0.481 e. The molecule has 4 rings (SSSR count). The lowest BCUT2D eigenvalue weighted by Gasteiger charge is -2.58. The summed E-state index contributed by atoms with van der Waals surface area (Å²) in [5.41, 5.74) is -0.0199. The van der Waals surface area contributed by atoms with Crippen LogP contribution >= 0.6 is 0 Å². The van der Waals surface area contributed by atoms with Crippen molar-refractivity contribution in [3.05, 3.63) is 40.7 Å². The fourth-order valence-corrected chi connectivity index (χ4v) is 6.14. The lowest BCUT2D eigenvalue weighted by atomic mass is 9.54. The highest BCUT2D eigenvalue weighted by Gasteiger charge is 2.69. The number of aliphatic hydroxyl groups is 2. The monoisotopic (exact) mass is 547 g/mol. The number of carboxylic acid groups (broad SMARTS) is 2. The minimum atomic E-state index is -1.87. The third-order valence-corrected chi connectivity index (χ3v) is 8.28. The van der Waals surface area contributed by atoms with Crippen molar-refractivity contribution < 1.29 is 53.8 Å². The molecule has 1 saturated heterocycles. The molecule has 0 saturated carbocycles. The Labute approximate surface area is 224 Å². The molecular weight excluding hydrogens is 514 g/mol. The molecule has 0 aromatic heterocycles. The van der Waals surface area contributed by atoms with Gasteiger partial charge in [-0.1, -0.05) is 12.1 Å². The second kappa shape index (κ2) is 10.6. The SMILES string of the molecule is Cc1ccc(CO)c2c1[C@]13CCN(C)[C@H](C)[C@]1(O)CC=C(OC(=O)CCC(=O)O[C@H](CC(=O)O)C(=O)O)[C@@H]3O2. The van der Waals surface area contributed by atoms with Gasteiger partial charge in [0.25, 0.3) is 0 Å². The van der Waals surface area contributed by atoms with Crippen LogP contribution in [-0.4, -0.2) is 86.6 Å². The van der Waals surface area contributed by atoms with Crippen LogP contribution in [0.3, 0.4) is 0 Å². The Hall–Kier alpha value is -3.48. The summed E-state index contributed by atoms with van der Waals surface area (Å²) in [5, 5.41) is 40.0. The van der Waals surface area contributed by atoms with Gasteiger partial charge in [0.2, 0.25) is 6.10 Å². The van der Waals surface area contributed by atoms with E-state index in [4.69, 9.17) is 24.4 Å². The molecule has 212 valence electrons. The van der Waals surface area contributed by atoms with Gasteiger partial charge in [-0.3, -0.25) is 14.4 Å². The zero-order valence-corrected chi connectivity index (χ0v) is 22.0. The predicted octanol–water partition coefficient (Wildman–Crippen LogP) is 1.02. The number of carbonyl (C=O) groups is 4. The first kappa shape index (κ1) is 28.5. The van der Waals surface area contributed by atoms with Gasteiger partial charge in [-0.25, -0.2) is 4.79 Å². The van der Waals surface area contributed by atoms with Gasteiger partial charge in [0.15, 0.2) is 6.10 Å². The fraction of sp³-hybridized carbons (Fsp3) is 0.556. The van der Waals surface area contributed by atoms with E-state index in [2.05, 4.69) is 4.90 Å². The Morgan fingerprint density at radius 2 is 1.87 bits per heavy atom. The number of rotatable bonds is 9. The van der Waals surface area contributed by atoms with Crippen molar-refractivity contribution in [3.8, 4) is 5.75 Å². The molecule has 1 fully saturated rings. The Morgan fingerprint density at radius 3 is 2.51 bits per heavy atom. The summed E-state index contributed by atoms with van der Waals surface area (Å²) >= 11 is 0. The van der Waals surface area contributed by atoms with Crippen molar-refractivity contribution >= 4 is 23.9 Å². The number of ether oxygens (including phenoxy) is 3. The maximum atomic E-state index is 12.8. The van der Waals surface area contributed by atoms with Crippen molar-refractivity contribution in [2.24, 2.45) is 0 Å². The normalized spacial score (nSPS) is 28.2. The molecule has 12 heteroatoms. The zero-order valence-electron chi connectivity index (χ0n) is 22.0. The average molecular weight is 548 g/mol. The number of likely N-dealkylation sites (N-methyl/N-ethyl adjacent to an activating group) is 1. The number of nitrogens with zero attached hydrogens (tertiary/aromatic N) is 1. The molecule has 5 atom stereocenters. The Bertz CT molecular complexity index is 1230. The first-order valence-electron chi connectivity index (χ1n) is 12.7. The van der Waals surface area contributed by atoms with Crippen LogP contribution in [0.15, 0.2) is 24.0 Å². The van der Waals surface area contributed by atoms with Crippen LogP contribution in [0.25, 0.3) is 0 Å². The molecule has 3 aliphatic rings.